The molecule has 0 saturated heterocycles. The smallest absolute Gasteiger partial charge is 0.223 e. The molecule has 0 radical (unpaired) electrons. The molecule has 3 unspecified atom stereocenters. The Bertz CT molecular complexity index is 337. The number of thiophene rings is 1. The average molecular weight is 255 g/mol. The summed E-state index contributed by atoms with van der Waals surface area (Å²) < 4.78 is 0. The molecule has 0 saturated carbocycles. The third-order valence-electron chi connectivity index (χ3n) is 3.31. The first-order valence-electron chi connectivity index (χ1n) is 6.04. The minimum absolute atomic E-state index is 0.00493. The largest absolute Gasteiger partial charge is 0.387 e. The summed E-state index contributed by atoms with van der Waals surface area (Å²) in [5.41, 5.74) is 0.867. The molecule has 96 valence electrons. The van der Waals surface area contributed by atoms with Gasteiger partial charge in [-0.2, -0.15) is 11.3 Å². The van der Waals surface area contributed by atoms with Gasteiger partial charge >= 0.3 is 0 Å². The van der Waals surface area contributed by atoms with Gasteiger partial charge in [0, 0.05) is 12.5 Å². The summed E-state index contributed by atoms with van der Waals surface area (Å²) in [6, 6.07) is 1.87. The molecule has 1 rings (SSSR count). The molecule has 1 aromatic heterocycles. The second-order valence-electron chi connectivity index (χ2n) is 4.49. The zero-order valence-electron chi connectivity index (χ0n) is 10.6. The van der Waals surface area contributed by atoms with Crippen LogP contribution in [0.3, 0.4) is 0 Å². The number of carbonyl (C=O) groups excluding carboxylic acids is 1. The molecule has 17 heavy (non-hydrogen) atoms. The summed E-state index contributed by atoms with van der Waals surface area (Å²) in [4.78, 5) is 11.8. The topological polar surface area (TPSA) is 49.3 Å². The molecule has 4 heteroatoms. The summed E-state index contributed by atoms with van der Waals surface area (Å²) in [7, 11) is 0. The summed E-state index contributed by atoms with van der Waals surface area (Å²) >= 11 is 1.54. The van der Waals surface area contributed by atoms with E-state index in [1.165, 1.54) is 0 Å². The number of amides is 1. The molecule has 1 heterocycles. The molecule has 0 aliphatic carbocycles. The van der Waals surface area contributed by atoms with Crippen LogP contribution in [0, 0.1) is 11.8 Å². The first-order chi connectivity index (χ1) is 8.06. The number of rotatable bonds is 6. The molecular weight excluding hydrogens is 234 g/mol. The van der Waals surface area contributed by atoms with Gasteiger partial charge in [-0.1, -0.05) is 27.2 Å². The molecule has 1 aromatic rings. The highest BCUT2D eigenvalue weighted by Crippen LogP contribution is 2.17. The SMILES string of the molecule is CCC(C)C(C)C(=O)NCC(O)c1ccsc1. The van der Waals surface area contributed by atoms with Gasteiger partial charge < -0.3 is 10.4 Å². The Kier molecular flexibility index (Phi) is 5.65. The maximum atomic E-state index is 11.8. The highest BCUT2D eigenvalue weighted by Gasteiger charge is 2.19. The lowest BCUT2D eigenvalue weighted by molar-refractivity contribution is -0.126. The molecule has 0 bridgehead atoms. The lowest BCUT2D eigenvalue weighted by Gasteiger charge is -2.19. The van der Waals surface area contributed by atoms with E-state index < -0.39 is 6.10 Å². The van der Waals surface area contributed by atoms with E-state index in [0.29, 0.717) is 5.92 Å². The Morgan fingerprint density at radius 1 is 1.53 bits per heavy atom. The fourth-order valence-corrected chi connectivity index (χ4v) is 2.26. The van der Waals surface area contributed by atoms with Crippen LogP contribution in [0.2, 0.25) is 0 Å². The third-order valence-corrected chi connectivity index (χ3v) is 4.01. The van der Waals surface area contributed by atoms with Gasteiger partial charge in [0.1, 0.15) is 0 Å². The Hall–Kier alpha value is -0.870. The summed E-state index contributed by atoms with van der Waals surface area (Å²) in [6.07, 6.45) is 0.385. The van der Waals surface area contributed by atoms with Gasteiger partial charge in [-0.05, 0) is 28.3 Å². The van der Waals surface area contributed by atoms with Gasteiger partial charge in [0.2, 0.25) is 5.91 Å². The van der Waals surface area contributed by atoms with Gasteiger partial charge in [-0.15, -0.1) is 0 Å². The van der Waals surface area contributed by atoms with E-state index >= 15 is 0 Å². The van der Waals surface area contributed by atoms with Gasteiger partial charge in [0.05, 0.1) is 6.10 Å². The van der Waals surface area contributed by atoms with E-state index in [2.05, 4.69) is 19.2 Å². The standard InChI is InChI=1S/C13H21NO2S/c1-4-9(2)10(3)13(16)14-7-12(15)11-5-6-17-8-11/h5-6,8-10,12,15H,4,7H2,1-3H3,(H,14,16). The van der Waals surface area contributed by atoms with Crippen LogP contribution in [0.5, 0.6) is 0 Å². The van der Waals surface area contributed by atoms with E-state index in [1.807, 2.05) is 23.8 Å². The van der Waals surface area contributed by atoms with Crippen molar-refractivity contribution in [3.8, 4) is 0 Å². The average Bonchev–Trinajstić information content (AvgIpc) is 2.87. The summed E-state index contributed by atoms with van der Waals surface area (Å²) in [6.45, 7) is 6.37. The van der Waals surface area contributed by atoms with Gasteiger partial charge in [-0.3, -0.25) is 4.79 Å². The van der Waals surface area contributed by atoms with Crippen LogP contribution in [0.1, 0.15) is 38.9 Å². The lowest BCUT2D eigenvalue weighted by atomic mass is 9.93. The fourth-order valence-electron chi connectivity index (χ4n) is 1.55. The monoisotopic (exact) mass is 255 g/mol. The van der Waals surface area contributed by atoms with Crippen molar-refractivity contribution in [3.63, 3.8) is 0 Å². The Morgan fingerprint density at radius 2 is 2.24 bits per heavy atom. The van der Waals surface area contributed by atoms with E-state index in [9.17, 15) is 9.90 Å². The minimum Gasteiger partial charge on any atom is -0.387 e. The number of aliphatic hydroxyl groups is 1. The zero-order chi connectivity index (χ0) is 12.8. The maximum absolute atomic E-state index is 11.8. The first kappa shape index (κ1) is 14.2. The molecule has 2 N–H and O–H groups in total. The van der Waals surface area contributed by atoms with Crippen LogP contribution in [0.25, 0.3) is 0 Å². The number of aliphatic hydroxyl groups excluding tert-OH is 1. The quantitative estimate of drug-likeness (QED) is 0.821. The molecule has 3 nitrogen and oxygen atoms in total. The van der Waals surface area contributed by atoms with Crippen molar-refractivity contribution in [2.75, 3.05) is 6.54 Å². The molecule has 3 atom stereocenters. The van der Waals surface area contributed by atoms with E-state index in [-0.39, 0.29) is 18.4 Å². The Balaban J connectivity index is 2.38. The zero-order valence-corrected chi connectivity index (χ0v) is 11.5. The van der Waals surface area contributed by atoms with Gasteiger partial charge in [0.15, 0.2) is 0 Å². The number of hydrogen-bond donors (Lipinski definition) is 2. The van der Waals surface area contributed by atoms with Crippen molar-refractivity contribution in [3.05, 3.63) is 22.4 Å². The highest BCUT2D eigenvalue weighted by molar-refractivity contribution is 7.07. The number of carbonyl (C=O) groups is 1. The van der Waals surface area contributed by atoms with E-state index in [0.717, 1.165) is 12.0 Å². The lowest BCUT2D eigenvalue weighted by Crippen LogP contribution is -2.35. The van der Waals surface area contributed by atoms with Crippen molar-refractivity contribution in [1.29, 1.82) is 0 Å². The molecule has 1 amide bonds. The van der Waals surface area contributed by atoms with Crippen molar-refractivity contribution < 1.29 is 9.90 Å². The normalized spacial score (nSPS) is 16.2. The van der Waals surface area contributed by atoms with Crippen molar-refractivity contribution in [1.82, 2.24) is 5.32 Å². The van der Waals surface area contributed by atoms with Crippen LogP contribution < -0.4 is 5.32 Å². The van der Waals surface area contributed by atoms with Crippen molar-refractivity contribution in [2.45, 2.75) is 33.3 Å². The molecule has 0 aliphatic rings. The predicted octanol–water partition coefficient (Wildman–Crippen LogP) is 2.58. The van der Waals surface area contributed by atoms with Crippen LogP contribution in [0.4, 0.5) is 0 Å². The van der Waals surface area contributed by atoms with Crippen molar-refractivity contribution >= 4 is 17.2 Å². The molecular formula is C13H21NO2S. The molecule has 0 spiro atoms. The summed E-state index contributed by atoms with van der Waals surface area (Å²) in [5, 5.41) is 16.4. The van der Waals surface area contributed by atoms with Crippen molar-refractivity contribution in [2.24, 2.45) is 11.8 Å². The first-order valence-corrected chi connectivity index (χ1v) is 6.98. The Morgan fingerprint density at radius 3 is 2.76 bits per heavy atom. The van der Waals surface area contributed by atoms with E-state index in [4.69, 9.17) is 0 Å². The predicted molar refractivity (Wildman–Crippen MR) is 70.9 cm³/mol. The third kappa shape index (κ3) is 4.13. The van der Waals surface area contributed by atoms with Crippen LogP contribution in [-0.4, -0.2) is 17.6 Å². The second kappa shape index (κ2) is 6.77. The fraction of sp³-hybridized carbons (Fsp3) is 0.615. The van der Waals surface area contributed by atoms with Crippen LogP contribution in [0.15, 0.2) is 16.8 Å². The van der Waals surface area contributed by atoms with Crippen LogP contribution >= 0.6 is 11.3 Å². The molecule has 0 aromatic carbocycles. The molecule has 0 fully saturated rings. The molecule has 0 aliphatic heterocycles. The Labute approximate surface area is 107 Å². The minimum atomic E-state index is -0.602. The number of nitrogens with one attached hydrogen (secondary N) is 1. The van der Waals surface area contributed by atoms with E-state index in [1.54, 1.807) is 11.3 Å². The van der Waals surface area contributed by atoms with Gasteiger partial charge in [0.25, 0.3) is 0 Å². The highest BCUT2D eigenvalue weighted by atomic mass is 32.1. The summed E-state index contributed by atoms with van der Waals surface area (Å²) in [5.74, 6) is 0.386. The number of hydrogen-bond acceptors (Lipinski definition) is 3. The van der Waals surface area contributed by atoms with Gasteiger partial charge in [-0.25, -0.2) is 0 Å². The van der Waals surface area contributed by atoms with Crippen LogP contribution in [-0.2, 0) is 4.79 Å². The second-order valence-corrected chi connectivity index (χ2v) is 5.27. The maximum Gasteiger partial charge on any atom is 0.223 e.